The summed E-state index contributed by atoms with van der Waals surface area (Å²) in [5, 5.41) is 6.73. The Balaban J connectivity index is 1.59. The van der Waals surface area contributed by atoms with E-state index in [9.17, 15) is 4.79 Å². The van der Waals surface area contributed by atoms with Crippen molar-refractivity contribution in [1.29, 1.82) is 0 Å². The largest absolute Gasteiger partial charge is 0.461 e. The summed E-state index contributed by atoms with van der Waals surface area (Å²) in [6.07, 6.45) is 1.56. The molecule has 1 aliphatic heterocycles. The highest BCUT2D eigenvalue weighted by atomic mass is 16.5. The van der Waals surface area contributed by atoms with Gasteiger partial charge in [0.25, 0.3) is 0 Å². The van der Waals surface area contributed by atoms with Gasteiger partial charge in [-0.05, 0) is 26.0 Å². The Bertz CT molecular complexity index is 585. The van der Waals surface area contributed by atoms with E-state index in [-0.39, 0.29) is 18.0 Å². The monoisotopic (exact) mass is 276 g/mol. The Labute approximate surface area is 115 Å². The van der Waals surface area contributed by atoms with Crippen LogP contribution < -0.4 is 5.32 Å². The van der Waals surface area contributed by atoms with Gasteiger partial charge in [-0.15, -0.1) is 0 Å². The van der Waals surface area contributed by atoms with Crippen molar-refractivity contribution in [3.8, 4) is 11.6 Å². The maximum Gasteiger partial charge on any atom is 0.317 e. The van der Waals surface area contributed by atoms with Gasteiger partial charge in [0, 0.05) is 19.1 Å². The molecule has 0 radical (unpaired) electrons. The van der Waals surface area contributed by atoms with Crippen LogP contribution in [0.2, 0.25) is 0 Å². The number of rotatable bonds is 3. The molecule has 1 fully saturated rings. The summed E-state index contributed by atoms with van der Waals surface area (Å²) in [6, 6.07) is 3.63. The van der Waals surface area contributed by atoms with Gasteiger partial charge in [0.15, 0.2) is 5.76 Å². The number of carbonyl (C=O) groups is 1. The number of aromatic nitrogens is 2. The smallest absolute Gasteiger partial charge is 0.317 e. The third-order valence-corrected chi connectivity index (χ3v) is 3.11. The molecule has 2 aromatic rings. The van der Waals surface area contributed by atoms with Gasteiger partial charge in [0.2, 0.25) is 11.7 Å². The van der Waals surface area contributed by atoms with E-state index in [4.69, 9.17) is 8.94 Å². The number of nitrogens with one attached hydrogen (secondary N) is 1. The van der Waals surface area contributed by atoms with Gasteiger partial charge in [0.1, 0.15) is 0 Å². The molecule has 0 spiro atoms. The highest BCUT2D eigenvalue weighted by molar-refractivity contribution is 5.75. The van der Waals surface area contributed by atoms with Gasteiger partial charge in [-0.25, -0.2) is 4.79 Å². The van der Waals surface area contributed by atoms with Gasteiger partial charge in [0.05, 0.1) is 12.2 Å². The summed E-state index contributed by atoms with van der Waals surface area (Å²) in [4.78, 5) is 17.8. The second kappa shape index (κ2) is 4.99. The van der Waals surface area contributed by atoms with Gasteiger partial charge in [-0.3, -0.25) is 0 Å². The van der Waals surface area contributed by atoms with Crippen LogP contribution in [0.3, 0.4) is 0 Å². The number of nitrogens with zero attached hydrogens (tertiary/aromatic N) is 3. The van der Waals surface area contributed by atoms with Crippen LogP contribution in [-0.4, -0.2) is 40.2 Å². The lowest BCUT2D eigenvalue weighted by Crippen LogP contribution is -2.53. The molecule has 3 heterocycles. The molecule has 3 rings (SSSR count). The van der Waals surface area contributed by atoms with E-state index < -0.39 is 0 Å². The zero-order chi connectivity index (χ0) is 14.1. The van der Waals surface area contributed by atoms with Crippen molar-refractivity contribution in [3.05, 3.63) is 24.3 Å². The predicted molar refractivity (Wildman–Crippen MR) is 70.0 cm³/mol. The number of hydrogen-bond acceptors (Lipinski definition) is 5. The van der Waals surface area contributed by atoms with Gasteiger partial charge in [-0.1, -0.05) is 5.16 Å². The Hall–Kier alpha value is -2.31. The van der Waals surface area contributed by atoms with Crippen LogP contribution >= 0.6 is 0 Å². The fourth-order valence-electron chi connectivity index (χ4n) is 2.05. The minimum Gasteiger partial charge on any atom is -0.461 e. The number of hydrogen-bond donors (Lipinski definition) is 1. The molecule has 1 saturated heterocycles. The number of urea groups is 1. The summed E-state index contributed by atoms with van der Waals surface area (Å²) in [5.41, 5.74) is 0. The summed E-state index contributed by atoms with van der Waals surface area (Å²) in [6.45, 7) is 5.06. The minimum atomic E-state index is -0.0537. The molecular weight excluding hydrogens is 260 g/mol. The molecule has 2 aromatic heterocycles. The fourth-order valence-corrected chi connectivity index (χ4v) is 2.05. The molecule has 2 amide bonds. The van der Waals surface area contributed by atoms with E-state index in [1.165, 1.54) is 0 Å². The SMILES string of the molecule is CC(C)NC(=O)N1CC(c2nc(-c3ccco3)no2)C1. The molecule has 0 bridgehead atoms. The Kier molecular flexibility index (Phi) is 3.17. The number of furan rings is 1. The first-order valence-corrected chi connectivity index (χ1v) is 6.56. The van der Waals surface area contributed by atoms with Crippen molar-refractivity contribution in [2.45, 2.75) is 25.8 Å². The van der Waals surface area contributed by atoms with E-state index in [1.807, 2.05) is 13.8 Å². The molecular formula is C13H16N4O3. The standard InChI is InChI=1S/C13H16N4O3/c1-8(2)14-13(18)17-6-9(7-17)12-15-11(16-20-12)10-4-3-5-19-10/h3-5,8-9H,6-7H2,1-2H3,(H,14,18). The molecule has 0 saturated carbocycles. The zero-order valence-electron chi connectivity index (χ0n) is 11.4. The predicted octanol–water partition coefficient (Wildman–Crippen LogP) is 1.85. The maximum atomic E-state index is 11.7. The normalized spacial score (nSPS) is 15.4. The highest BCUT2D eigenvalue weighted by Gasteiger charge is 2.35. The molecule has 20 heavy (non-hydrogen) atoms. The average molecular weight is 276 g/mol. The summed E-state index contributed by atoms with van der Waals surface area (Å²) >= 11 is 0. The lowest BCUT2D eigenvalue weighted by molar-refractivity contribution is 0.135. The molecule has 7 nitrogen and oxygen atoms in total. The van der Waals surface area contributed by atoms with Gasteiger partial charge >= 0.3 is 6.03 Å². The lowest BCUT2D eigenvalue weighted by atomic mass is 10.0. The molecule has 0 atom stereocenters. The van der Waals surface area contributed by atoms with Crippen LogP contribution in [0, 0.1) is 0 Å². The van der Waals surface area contributed by atoms with E-state index in [1.54, 1.807) is 23.3 Å². The van der Waals surface area contributed by atoms with Crippen LogP contribution in [0.15, 0.2) is 27.3 Å². The minimum absolute atomic E-state index is 0.0537. The number of amides is 2. The highest BCUT2D eigenvalue weighted by Crippen LogP contribution is 2.27. The second-order valence-corrected chi connectivity index (χ2v) is 5.14. The summed E-state index contributed by atoms with van der Waals surface area (Å²) in [7, 11) is 0. The molecule has 1 aliphatic rings. The van der Waals surface area contributed by atoms with Crippen molar-refractivity contribution < 1.29 is 13.7 Å². The number of likely N-dealkylation sites (tertiary alicyclic amines) is 1. The van der Waals surface area contributed by atoms with Crippen molar-refractivity contribution >= 4 is 6.03 Å². The first-order valence-electron chi connectivity index (χ1n) is 6.56. The van der Waals surface area contributed by atoms with Gasteiger partial charge < -0.3 is 19.2 Å². The topological polar surface area (TPSA) is 84.4 Å². The number of carbonyl (C=O) groups excluding carboxylic acids is 1. The van der Waals surface area contributed by atoms with Crippen LogP contribution in [0.25, 0.3) is 11.6 Å². The quantitative estimate of drug-likeness (QED) is 0.924. The van der Waals surface area contributed by atoms with Crippen LogP contribution in [0.5, 0.6) is 0 Å². The summed E-state index contributed by atoms with van der Waals surface area (Å²) < 4.78 is 10.4. The maximum absolute atomic E-state index is 11.7. The van der Waals surface area contributed by atoms with E-state index in [2.05, 4.69) is 15.5 Å². The van der Waals surface area contributed by atoms with Crippen molar-refractivity contribution in [1.82, 2.24) is 20.4 Å². The zero-order valence-corrected chi connectivity index (χ0v) is 11.4. The summed E-state index contributed by atoms with van der Waals surface area (Å²) in [5.74, 6) is 1.66. The average Bonchev–Trinajstić information content (AvgIpc) is 2.95. The van der Waals surface area contributed by atoms with Crippen molar-refractivity contribution in [3.63, 3.8) is 0 Å². The molecule has 7 heteroatoms. The van der Waals surface area contributed by atoms with E-state index in [0.29, 0.717) is 30.6 Å². The third kappa shape index (κ3) is 2.38. The first-order chi connectivity index (χ1) is 9.63. The Morgan fingerprint density at radius 2 is 2.30 bits per heavy atom. The fraction of sp³-hybridized carbons (Fsp3) is 0.462. The Morgan fingerprint density at radius 1 is 1.50 bits per heavy atom. The lowest BCUT2D eigenvalue weighted by Gasteiger charge is -2.37. The van der Waals surface area contributed by atoms with Crippen molar-refractivity contribution in [2.24, 2.45) is 0 Å². The van der Waals surface area contributed by atoms with Gasteiger partial charge in [-0.2, -0.15) is 4.98 Å². The van der Waals surface area contributed by atoms with E-state index in [0.717, 1.165) is 0 Å². The van der Waals surface area contributed by atoms with Crippen LogP contribution in [0.4, 0.5) is 4.79 Å². The molecule has 1 N–H and O–H groups in total. The third-order valence-electron chi connectivity index (χ3n) is 3.11. The first kappa shape index (κ1) is 12.7. The molecule has 106 valence electrons. The van der Waals surface area contributed by atoms with Crippen LogP contribution in [-0.2, 0) is 0 Å². The van der Waals surface area contributed by atoms with E-state index >= 15 is 0 Å². The molecule has 0 aliphatic carbocycles. The molecule has 0 unspecified atom stereocenters. The van der Waals surface area contributed by atoms with Crippen LogP contribution in [0.1, 0.15) is 25.7 Å². The van der Waals surface area contributed by atoms with Crippen molar-refractivity contribution in [2.75, 3.05) is 13.1 Å². The molecule has 0 aromatic carbocycles. The Morgan fingerprint density at radius 3 is 2.95 bits per heavy atom. The second-order valence-electron chi connectivity index (χ2n) is 5.14.